The first-order valence-electron chi connectivity index (χ1n) is 8.29. The Morgan fingerprint density at radius 3 is 2.75 bits per heavy atom. The monoisotopic (exact) mass is 333 g/mol. The van der Waals surface area contributed by atoms with Gasteiger partial charge in [-0.05, 0) is 32.3 Å². The summed E-state index contributed by atoms with van der Waals surface area (Å²) >= 11 is 0. The largest absolute Gasteiger partial charge is 0.481 e. The van der Waals surface area contributed by atoms with Gasteiger partial charge in [0.25, 0.3) is 0 Å². The average molecular weight is 333 g/mol. The fourth-order valence-electron chi connectivity index (χ4n) is 3.31. The Morgan fingerprint density at radius 2 is 2.08 bits per heavy atom. The van der Waals surface area contributed by atoms with Gasteiger partial charge in [0.15, 0.2) is 0 Å². The summed E-state index contributed by atoms with van der Waals surface area (Å²) in [7, 11) is 0. The maximum atomic E-state index is 12.4. The van der Waals surface area contributed by atoms with Gasteiger partial charge >= 0.3 is 12.0 Å². The first-order chi connectivity index (χ1) is 11.5. The molecule has 2 amide bonds. The zero-order chi connectivity index (χ0) is 17.2. The SMILES string of the molecule is CC1(C(=O)O)CCN(C(=O)NC2CCCN(c3ncccn3)C2)C1. The molecule has 3 heterocycles. The highest BCUT2D eigenvalue weighted by Crippen LogP contribution is 2.30. The van der Waals surface area contributed by atoms with Crippen molar-refractivity contribution in [3.8, 4) is 0 Å². The third kappa shape index (κ3) is 3.42. The lowest BCUT2D eigenvalue weighted by Gasteiger charge is -2.34. The molecule has 0 aromatic carbocycles. The number of hydrogen-bond acceptors (Lipinski definition) is 5. The molecule has 24 heavy (non-hydrogen) atoms. The third-order valence-corrected chi connectivity index (χ3v) is 4.86. The standard InChI is InChI=1S/C16H23N5O3/c1-16(13(22)23)5-9-21(11-16)15(24)19-12-4-2-8-20(10-12)14-17-6-3-7-18-14/h3,6-7,12H,2,4-5,8-11H2,1H3,(H,19,24)(H,22,23). The summed E-state index contributed by atoms with van der Waals surface area (Å²) in [5.74, 6) is -0.168. The van der Waals surface area contributed by atoms with Crippen LogP contribution in [0.4, 0.5) is 10.7 Å². The van der Waals surface area contributed by atoms with E-state index in [1.807, 2.05) is 0 Å². The van der Waals surface area contributed by atoms with Crippen LogP contribution in [0.2, 0.25) is 0 Å². The molecule has 0 spiro atoms. The third-order valence-electron chi connectivity index (χ3n) is 4.86. The number of hydrogen-bond donors (Lipinski definition) is 2. The highest BCUT2D eigenvalue weighted by atomic mass is 16.4. The van der Waals surface area contributed by atoms with E-state index < -0.39 is 11.4 Å². The second-order valence-electron chi connectivity index (χ2n) is 6.82. The van der Waals surface area contributed by atoms with E-state index in [0.717, 1.165) is 19.4 Å². The highest BCUT2D eigenvalue weighted by Gasteiger charge is 2.42. The summed E-state index contributed by atoms with van der Waals surface area (Å²) < 4.78 is 0. The number of urea groups is 1. The van der Waals surface area contributed by atoms with E-state index in [0.29, 0.717) is 25.5 Å². The van der Waals surface area contributed by atoms with Crippen molar-refractivity contribution in [2.75, 3.05) is 31.1 Å². The van der Waals surface area contributed by atoms with Gasteiger partial charge in [0.05, 0.1) is 5.41 Å². The Labute approximate surface area is 140 Å². The minimum absolute atomic E-state index is 0.0201. The Hall–Kier alpha value is -2.38. The maximum Gasteiger partial charge on any atom is 0.317 e. The van der Waals surface area contributed by atoms with E-state index in [2.05, 4.69) is 20.2 Å². The van der Waals surface area contributed by atoms with Gasteiger partial charge in [0.1, 0.15) is 0 Å². The van der Waals surface area contributed by atoms with Gasteiger partial charge in [-0.25, -0.2) is 14.8 Å². The summed E-state index contributed by atoms with van der Waals surface area (Å²) in [6, 6.07) is 1.62. The molecule has 2 N–H and O–H groups in total. The molecule has 3 rings (SSSR count). The lowest BCUT2D eigenvalue weighted by atomic mass is 9.90. The molecular formula is C16H23N5O3. The number of rotatable bonds is 3. The van der Waals surface area contributed by atoms with Crippen molar-refractivity contribution in [3.63, 3.8) is 0 Å². The Bertz CT molecular complexity index is 611. The number of nitrogens with one attached hydrogen (secondary N) is 1. The van der Waals surface area contributed by atoms with Crippen LogP contribution in [0.15, 0.2) is 18.5 Å². The molecule has 2 aliphatic rings. The number of aromatic nitrogens is 2. The van der Waals surface area contributed by atoms with E-state index in [9.17, 15) is 14.7 Å². The molecule has 8 nitrogen and oxygen atoms in total. The first kappa shape index (κ1) is 16.5. The summed E-state index contributed by atoms with van der Waals surface area (Å²) in [5, 5.41) is 12.3. The van der Waals surface area contributed by atoms with E-state index in [4.69, 9.17) is 0 Å². The minimum atomic E-state index is -0.845. The van der Waals surface area contributed by atoms with Gasteiger partial charge in [-0.2, -0.15) is 0 Å². The molecule has 8 heteroatoms. The number of carboxylic acids is 1. The van der Waals surface area contributed by atoms with Crippen LogP contribution in [0, 0.1) is 5.41 Å². The van der Waals surface area contributed by atoms with Crippen molar-refractivity contribution in [1.29, 1.82) is 0 Å². The molecule has 130 valence electrons. The number of carbonyl (C=O) groups excluding carboxylic acids is 1. The molecule has 0 bridgehead atoms. The predicted octanol–water partition coefficient (Wildman–Crippen LogP) is 0.952. The van der Waals surface area contributed by atoms with Gasteiger partial charge in [-0.3, -0.25) is 4.79 Å². The van der Waals surface area contributed by atoms with Crippen molar-refractivity contribution in [2.24, 2.45) is 5.41 Å². The summed E-state index contributed by atoms with van der Waals surface area (Å²) in [6.45, 7) is 3.97. The van der Waals surface area contributed by atoms with E-state index in [1.54, 1.807) is 30.3 Å². The topological polar surface area (TPSA) is 98.7 Å². The van der Waals surface area contributed by atoms with Gasteiger partial charge in [-0.1, -0.05) is 0 Å². The number of amides is 2. The van der Waals surface area contributed by atoms with Crippen molar-refractivity contribution in [3.05, 3.63) is 18.5 Å². The first-order valence-corrected chi connectivity index (χ1v) is 8.29. The van der Waals surface area contributed by atoms with Crippen molar-refractivity contribution in [1.82, 2.24) is 20.2 Å². The van der Waals surface area contributed by atoms with E-state index in [-0.39, 0.29) is 18.6 Å². The van der Waals surface area contributed by atoms with Crippen molar-refractivity contribution >= 4 is 17.9 Å². The number of aliphatic carboxylic acids is 1. The van der Waals surface area contributed by atoms with Crippen LogP contribution in [0.25, 0.3) is 0 Å². The molecule has 2 unspecified atom stereocenters. The quantitative estimate of drug-likeness (QED) is 0.854. The maximum absolute atomic E-state index is 12.4. The van der Waals surface area contributed by atoms with Crippen LogP contribution < -0.4 is 10.2 Å². The lowest BCUT2D eigenvalue weighted by molar-refractivity contribution is -0.147. The average Bonchev–Trinajstić information content (AvgIpc) is 3.00. The fourth-order valence-corrected chi connectivity index (χ4v) is 3.31. The number of piperidine rings is 1. The Morgan fingerprint density at radius 1 is 1.33 bits per heavy atom. The smallest absolute Gasteiger partial charge is 0.317 e. The van der Waals surface area contributed by atoms with Crippen LogP contribution in [-0.4, -0.2) is 64.2 Å². The fraction of sp³-hybridized carbons (Fsp3) is 0.625. The van der Waals surface area contributed by atoms with Crippen molar-refractivity contribution < 1.29 is 14.7 Å². The van der Waals surface area contributed by atoms with Crippen LogP contribution in [0.5, 0.6) is 0 Å². The van der Waals surface area contributed by atoms with Gasteiger partial charge in [0, 0.05) is 44.6 Å². The van der Waals surface area contributed by atoms with Gasteiger partial charge in [-0.15, -0.1) is 0 Å². The zero-order valence-corrected chi connectivity index (χ0v) is 13.8. The Kier molecular flexibility index (Phi) is 4.55. The van der Waals surface area contributed by atoms with Crippen LogP contribution in [0.1, 0.15) is 26.2 Å². The minimum Gasteiger partial charge on any atom is -0.481 e. The molecule has 2 aliphatic heterocycles. The number of nitrogens with zero attached hydrogens (tertiary/aromatic N) is 4. The molecule has 2 fully saturated rings. The summed E-state index contributed by atoms with van der Waals surface area (Å²) in [6.07, 6.45) is 5.77. The van der Waals surface area contributed by atoms with E-state index >= 15 is 0 Å². The van der Waals surface area contributed by atoms with Crippen LogP contribution in [0.3, 0.4) is 0 Å². The number of likely N-dealkylation sites (tertiary alicyclic amines) is 1. The van der Waals surface area contributed by atoms with Crippen molar-refractivity contribution in [2.45, 2.75) is 32.2 Å². The molecular weight excluding hydrogens is 310 g/mol. The Balaban J connectivity index is 1.56. The summed E-state index contributed by atoms with van der Waals surface area (Å²) in [5.41, 5.74) is -0.839. The molecule has 2 atom stereocenters. The molecule has 0 radical (unpaired) electrons. The number of carboxylic acid groups (broad SMARTS) is 1. The molecule has 1 aromatic heterocycles. The predicted molar refractivity (Wildman–Crippen MR) is 87.7 cm³/mol. The molecule has 0 aliphatic carbocycles. The molecule has 0 saturated carbocycles. The van der Waals surface area contributed by atoms with Crippen LogP contribution in [-0.2, 0) is 4.79 Å². The van der Waals surface area contributed by atoms with Gasteiger partial charge in [0.2, 0.25) is 5.95 Å². The second kappa shape index (κ2) is 6.62. The number of carbonyl (C=O) groups is 2. The second-order valence-corrected chi connectivity index (χ2v) is 6.82. The summed E-state index contributed by atoms with van der Waals surface area (Å²) in [4.78, 5) is 35.9. The number of anilines is 1. The lowest BCUT2D eigenvalue weighted by Crippen LogP contribution is -2.52. The van der Waals surface area contributed by atoms with Crippen LogP contribution >= 0.6 is 0 Å². The molecule has 1 aromatic rings. The molecule has 2 saturated heterocycles. The zero-order valence-electron chi connectivity index (χ0n) is 13.8. The highest BCUT2D eigenvalue weighted by molar-refractivity contribution is 5.79. The van der Waals surface area contributed by atoms with E-state index in [1.165, 1.54) is 0 Å². The van der Waals surface area contributed by atoms with Gasteiger partial charge < -0.3 is 20.2 Å². The normalized spacial score (nSPS) is 27.1.